The van der Waals surface area contributed by atoms with Crippen LogP contribution in [0.2, 0.25) is 0 Å². The lowest BCUT2D eigenvalue weighted by Gasteiger charge is -2.24. The molecule has 2 aliphatic rings. The number of nitrogens with one attached hydrogen (secondary N) is 1. The second-order valence-electron chi connectivity index (χ2n) is 6.32. The summed E-state index contributed by atoms with van der Waals surface area (Å²) in [6.45, 7) is 1.44. The van der Waals surface area contributed by atoms with E-state index in [2.05, 4.69) is 10.3 Å². The molecular formula is C15H22N4O2. The zero-order valence-corrected chi connectivity index (χ0v) is 12.6. The van der Waals surface area contributed by atoms with E-state index in [0.29, 0.717) is 18.2 Å². The molecule has 0 aromatic carbocycles. The molecule has 1 aliphatic heterocycles. The molecule has 0 saturated heterocycles. The summed E-state index contributed by atoms with van der Waals surface area (Å²) >= 11 is 0. The molecule has 1 atom stereocenters. The van der Waals surface area contributed by atoms with Gasteiger partial charge in [-0.15, -0.1) is 0 Å². The molecule has 2 amide bonds. The molecule has 2 heterocycles. The van der Waals surface area contributed by atoms with Crippen LogP contribution < -0.4 is 5.32 Å². The molecule has 1 saturated carbocycles. The maximum absolute atomic E-state index is 12.2. The van der Waals surface area contributed by atoms with E-state index in [0.717, 1.165) is 25.1 Å². The summed E-state index contributed by atoms with van der Waals surface area (Å²) in [5.41, 5.74) is 1.48. The maximum Gasteiger partial charge on any atom is 0.273 e. The molecule has 1 aromatic rings. The first-order valence-corrected chi connectivity index (χ1v) is 7.59. The van der Waals surface area contributed by atoms with Gasteiger partial charge in [0.25, 0.3) is 5.91 Å². The molecule has 1 fully saturated rings. The lowest BCUT2D eigenvalue weighted by molar-refractivity contribution is -0.126. The van der Waals surface area contributed by atoms with E-state index in [9.17, 15) is 9.59 Å². The van der Waals surface area contributed by atoms with Crippen molar-refractivity contribution in [2.45, 2.75) is 32.2 Å². The Bertz CT molecular complexity index is 560. The van der Waals surface area contributed by atoms with Crippen molar-refractivity contribution in [3.8, 4) is 0 Å². The molecule has 0 spiro atoms. The summed E-state index contributed by atoms with van der Waals surface area (Å²) in [5, 5.41) is 3.05. The first-order valence-electron chi connectivity index (χ1n) is 7.59. The van der Waals surface area contributed by atoms with Crippen LogP contribution in [0.15, 0.2) is 6.33 Å². The van der Waals surface area contributed by atoms with Gasteiger partial charge in [-0.1, -0.05) is 0 Å². The third kappa shape index (κ3) is 2.94. The van der Waals surface area contributed by atoms with E-state index in [4.69, 9.17) is 0 Å². The normalized spacial score (nSPS) is 20.8. The fourth-order valence-electron chi connectivity index (χ4n) is 2.78. The fourth-order valence-corrected chi connectivity index (χ4v) is 2.78. The molecule has 0 radical (unpaired) electrons. The Labute approximate surface area is 124 Å². The summed E-state index contributed by atoms with van der Waals surface area (Å²) in [7, 11) is 3.45. The van der Waals surface area contributed by atoms with Gasteiger partial charge < -0.3 is 14.8 Å². The number of aromatic nitrogens is 2. The van der Waals surface area contributed by atoms with Crippen LogP contribution in [0.1, 0.15) is 35.4 Å². The zero-order valence-electron chi connectivity index (χ0n) is 12.6. The van der Waals surface area contributed by atoms with Crippen LogP contribution >= 0.6 is 0 Å². The number of hydrogen-bond acceptors (Lipinski definition) is 3. The number of rotatable bonds is 4. The van der Waals surface area contributed by atoms with Crippen LogP contribution in [0.3, 0.4) is 0 Å². The number of amides is 2. The fraction of sp³-hybridized carbons (Fsp3) is 0.667. The Morgan fingerprint density at radius 1 is 1.38 bits per heavy atom. The molecule has 114 valence electrons. The molecule has 1 aromatic heterocycles. The molecular weight excluding hydrogens is 268 g/mol. The van der Waals surface area contributed by atoms with Crippen LogP contribution in [0.25, 0.3) is 0 Å². The van der Waals surface area contributed by atoms with Crippen molar-refractivity contribution in [3.63, 3.8) is 0 Å². The first kappa shape index (κ1) is 14.1. The highest BCUT2D eigenvalue weighted by molar-refractivity contribution is 5.93. The Hall–Kier alpha value is -1.85. The standard InChI is InChI=1S/C15H22N4O2/c1-18(2)15(21)13-12-6-5-11(8-19(12)9-17-13)14(20)16-7-10-3-4-10/h9-11H,3-8H2,1-2H3,(H,16,20). The average molecular weight is 290 g/mol. The Balaban J connectivity index is 1.65. The lowest BCUT2D eigenvalue weighted by atomic mass is 9.96. The molecule has 6 nitrogen and oxygen atoms in total. The molecule has 1 unspecified atom stereocenters. The van der Waals surface area contributed by atoms with Gasteiger partial charge in [0, 0.05) is 27.2 Å². The minimum atomic E-state index is -0.0691. The highest BCUT2D eigenvalue weighted by atomic mass is 16.2. The van der Waals surface area contributed by atoms with Crippen LogP contribution in [-0.4, -0.2) is 46.9 Å². The monoisotopic (exact) mass is 290 g/mol. The van der Waals surface area contributed by atoms with Crippen molar-refractivity contribution < 1.29 is 9.59 Å². The van der Waals surface area contributed by atoms with Crippen molar-refractivity contribution in [1.82, 2.24) is 19.8 Å². The highest BCUT2D eigenvalue weighted by Gasteiger charge is 2.30. The second-order valence-corrected chi connectivity index (χ2v) is 6.32. The van der Waals surface area contributed by atoms with E-state index < -0.39 is 0 Å². The minimum absolute atomic E-state index is 0.00671. The van der Waals surface area contributed by atoms with Gasteiger partial charge in [-0.2, -0.15) is 0 Å². The van der Waals surface area contributed by atoms with Crippen LogP contribution in [0.5, 0.6) is 0 Å². The van der Waals surface area contributed by atoms with E-state index in [1.54, 1.807) is 20.4 Å². The summed E-state index contributed by atoms with van der Waals surface area (Å²) in [4.78, 5) is 30.0. The van der Waals surface area contributed by atoms with Crippen molar-refractivity contribution >= 4 is 11.8 Å². The summed E-state index contributed by atoms with van der Waals surface area (Å²) in [5.74, 6) is 0.764. The molecule has 1 N–H and O–H groups in total. The SMILES string of the molecule is CN(C)C(=O)c1ncn2c1CCC(C(=O)NCC1CC1)C2. The molecule has 21 heavy (non-hydrogen) atoms. The van der Waals surface area contributed by atoms with E-state index in [-0.39, 0.29) is 17.7 Å². The average Bonchev–Trinajstić information content (AvgIpc) is 3.21. The number of hydrogen-bond donors (Lipinski definition) is 1. The van der Waals surface area contributed by atoms with E-state index in [1.165, 1.54) is 17.7 Å². The predicted octanol–water partition coefficient (Wildman–Crippen LogP) is 0.673. The van der Waals surface area contributed by atoms with Gasteiger partial charge in [0.2, 0.25) is 5.91 Å². The van der Waals surface area contributed by atoms with Gasteiger partial charge in [0.1, 0.15) is 5.69 Å². The van der Waals surface area contributed by atoms with Crippen LogP contribution in [-0.2, 0) is 17.8 Å². The number of carbonyl (C=O) groups excluding carboxylic acids is 2. The van der Waals surface area contributed by atoms with Gasteiger partial charge in [-0.05, 0) is 31.6 Å². The van der Waals surface area contributed by atoms with Gasteiger partial charge >= 0.3 is 0 Å². The van der Waals surface area contributed by atoms with Crippen molar-refractivity contribution in [3.05, 3.63) is 17.7 Å². The molecule has 1 aliphatic carbocycles. The minimum Gasteiger partial charge on any atom is -0.356 e. The second kappa shape index (κ2) is 5.50. The van der Waals surface area contributed by atoms with Crippen LogP contribution in [0, 0.1) is 11.8 Å². The van der Waals surface area contributed by atoms with Crippen molar-refractivity contribution in [1.29, 1.82) is 0 Å². The zero-order chi connectivity index (χ0) is 15.0. The maximum atomic E-state index is 12.2. The lowest BCUT2D eigenvalue weighted by Crippen LogP contribution is -2.37. The third-order valence-corrected chi connectivity index (χ3v) is 4.33. The third-order valence-electron chi connectivity index (χ3n) is 4.33. The molecule has 6 heteroatoms. The summed E-state index contributed by atoms with van der Waals surface area (Å²) < 4.78 is 1.96. The Morgan fingerprint density at radius 2 is 2.14 bits per heavy atom. The number of imidazole rings is 1. The van der Waals surface area contributed by atoms with Crippen LogP contribution in [0.4, 0.5) is 0 Å². The topological polar surface area (TPSA) is 67.2 Å². The van der Waals surface area contributed by atoms with Crippen molar-refractivity contribution in [2.75, 3.05) is 20.6 Å². The van der Waals surface area contributed by atoms with E-state index in [1.807, 2.05) is 4.57 Å². The van der Waals surface area contributed by atoms with Gasteiger partial charge in [0.15, 0.2) is 0 Å². The van der Waals surface area contributed by atoms with E-state index >= 15 is 0 Å². The largest absolute Gasteiger partial charge is 0.356 e. The molecule has 3 rings (SSSR count). The van der Waals surface area contributed by atoms with Gasteiger partial charge in [-0.25, -0.2) is 4.98 Å². The predicted molar refractivity (Wildman–Crippen MR) is 77.8 cm³/mol. The Kier molecular flexibility index (Phi) is 3.69. The summed E-state index contributed by atoms with van der Waals surface area (Å²) in [6, 6.07) is 0. The van der Waals surface area contributed by atoms with Crippen molar-refractivity contribution in [2.24, 2.45) is 11.8 Å². The Morgan fingerprint density at radius 3 is 2.81 bits per heavy atom. The first-order chi connectivity index (χ1) is 10.1. The number of nitrogens with zero attached hydrogens (tertiary/aromatic N) is 3. The quantitative estimate of drug-likeness (QED) is 0.886. The van der Waals surface area contributed by atoms with Gasteiger partial charge in [-0.3, -0.25) is 9.59 Å². The number of fused-ring (bicyclic) bond motifs is 1. The van der Waals surface area contributed by atoms with Gasteiger partial charge in [0.05, 0.1) is 17.9 Å². The summed E-state index contributed by atoms with van der Waals surface area (Å²) in [6.07, 6.45) is 5.69. The number of carbonyl (C=O) groups is 2. The smallest absolute Gasteiger partial charge is 0.273 e. The highest BCUT2D eigenvalue weighted by Crippen LogP contribution is 2.28. The molecule has 0 bridgehead atoms.